The number of fused-ring (bicyclic) bond motifs is 1. The molecule has 3 heterocycles. The van der Waals surface area contributed by atoms with Crippen LogP contribution in [0.2, 0.25) is 0 Å². The van der Waals surface area contributed by atoms with Crippen molar-refractivity contribution in [3.8, 4) is 11.8 Å². The molecule has 1 aliphatic carbocycles. The Kier molecular flexibility index (Phi) is 6.56. The van der Waals surface area contributed by atoms with Crippen molar-refractivity contribution in [3.05, 3.63) is 82.2 Å². The van der Waals surface area contributed by atoms with Crippen LogP contribution in [0.15, 0.2) is 48.7 Å². The van der Waals surface area contributed by atoms with E-state index in [2.05, 4.69) is 64.3 Å². The fourth-order valence-corrected chi connectivity index (χ4v) is 6.15. The molecule has 1 amide bonds. The number of H-pyrrole nitrogens is 1. The highest BCUT2D eigenvalue weighted by atomic mass is 16.2. The number of aromatic nitrogens is 2. The normalized spacial score (nSPS) is 19.1. The summed E-state index contributed by atoms with van der Waals surface area (Å²) in [5, 5.41) is 12.7. The summed E-state index contributed by atoms with van der Waals surface area (Å²) in [6.07, 6.45) is 10.0. The first-order valence-electron chi connectivity index (χ1n) is 13.8. The molecule has 0 bridgehead atoms. The van der Waals surface area contributed by atoms with Crippen molar-refractivity contribution in [1.82, 2.24) is 14.9 Å². The van der Waals surface area contributed by atoms with E-state index in [9.17, 15) is 4.79 Å². The highest BCUT2D eigenvalue weighted by molar-refractivity contribution is 5.95. The zero-order chi connectivity index (χ0) is 25.4. The minimum absolute atomic E-state index is 0.134. The van der Waals surface area contributed by atoms with Crippen LogP contribution < -0.4 is 4.68 Å². The molecule has 0 spiro atoms. The Labute approximate surface area is 219 Å². The van der Waals surface area contributed by atoms with Gasteiger partial charge in [0.1, 0.15) is 0 Å². The van der Waals surface area contributed by atoms with Crippen molar-refractivity contribution in [1.29, 1.82) is 5.26 Å². The molecule has 0 radical (unpaired) electrons. The van der Waals surface area contributed by atoms with E-state index in [0.29, 0.717) is 17.4 Å². The van der Waals surface area contributed by atoms with E-state index >= 15 is 0 Å². The lowest BCUT2D eigenvalue weighted by molar-refractivity contribution is -0.656. The van der Waals surface area contributed by atoms with Crippen LogP contribution in [0.1, 0.15) is 82.2 Å². The van der Waals surface area contributed by atoms with Crippen molar-refractivity contribution < 1.29 is 9.48 Å². The summed E-state index contributed by atoms with van der Waals surface area (Å²) in [7, 11) is 2.19. The van der Waals surface area contributed by atoms with Crippen molar-refractivity contribution in [2.75, 3.05) is 33.2 Å². The smallest absolute Gasteiger partial charge is 0.254 e. The van der Waals surface area contributed by atoms with Gasteiger partial charge in [0.25, 0.3) is 5.91 Å². The molecule has 6 heteroatoms. The molecule has 0 atom stereocenters. The number of rotatable bonds is 4. The summed E-state index contributed by atoms with van der Waals surface area (Å²) in [5.41, 5.74) is 7.97. The topological polar surface area (TPSA) is 67.0 Å². The standard InChI is InChI=1S/C31H35N5O/c1-34-15-11-27-21-36(33-29(27)14-16-34)30-19-26(9-10-28(30)25-3-2-4-25)31(37)35-17-12-24(13-18-35)23-7-5-22(20-32)6-8-23/h5-10,19,21,24-25H,2-4,11-18H2,1H3/p+1. The number of hydrogen-bond donors (Lipinski definition) is 1. The fraction of sp³-hybridized carbons (Fsp3) is 0.452. The van der Waals surface area contributed by atoms with Gasteiger partial charge in [-0.2, -0.15) is 10.4 Å². The highest BCUT2D eigenvalue weighted by Gasteiger charge is 2.31. The summed E-state index contributed by atoms with van der Waals surface area (Å²) in [4.78, 5) is 18.0. The molecule has 1 saturated carbocycles. The van der Waals surface area contributed by atoms with Crippen molar-refractivity contribution in [2.24, 2.45) is 0 Å². The van der Waals surface area contributed by atoms with Gasteiger partial charge >= 0.3 is 0 Å². The first-order valence-corrected chi connectivity index (χ1v) is 13.8. The average molecular weight is 495 g/mol. The third kappa shape index (κ3) is 4.81. The molecule has 190 valence electrons. The Bertz CT molecular complexity index is 1300. The number of aromatic amines is 1. The average Bonchev–Trinajstić information content (AvgIpc) is 3.24. The zero-order valence-corrected chi connectivity index (χ0v) is 21.7. The molecule has 37 heavy (non-hydrogen) atoms. The van der Waals surface area contributed by atoms with Gasteiger partial charge in [-0.1, -0.05) is 29.3 Å². The fourth-order valence-electron chi connectivity index (χ4n) is 6.15. The van der Waals surface area contributed by atoms with Crippen LogP contribution >= 0.6 is 0 Å². The number of amides is 1. The molecule has 6 nitrogen and oxygen atoms in total. The van der Waals surface area contributed by atoms with E-state index in [4.69, 9.17) is 5.26 Å². The second-order valence-corrected chi connectivity index (χ2v) is 11.1. The Morgan fingerprint density at radius 2 is 1.73 bits per heavy atom. The summed E-state index contributed by atoms with van der Waals surface area (Å²) in [6.45, 7) is 3.68. The van der Waals surface area contributed by atoms with Crippen molar-refractivity contribution >= 4 is 5.91 Å². The minimum Gasteiger partial charge on any atom is -0.339 e. The summed E-state index contributed by atoms with van der Waals surface area (Å²) in [6, 6.07) is 16.5. The summed E-state index contributed by atoms with van der Waals surface area (Å²) in [5.74, 6) is 1.16. The molecule has 1 N–H and O–H groups in total. The van der Waals surface area contributed by atoms with Gasteiger partial charge in [0.2, 0.25) is 11.9 Å². The third-order valence-electron chi connectivity index (χ3n) is 8.81. The number of hydrogen-bond acceptors (Lipinski definition) is 3. The molecular weight excluding hydrogens is 458 g/mol. The number of benzene rings is 2. The van der Waals surface area contributed by atoms with E-state index in [1.165, 1.54) is 41.6 Å². The molecule has 2 fully saturated rings. The van der Waals surface area contributed by atoms with E-state index in [1.54, 1.807) is 0 Å². The van der Waals surface area contributed by atoms with Gasteiger partial charge in [-0.15, -0.1) is 0 Å². The lowest BCUT2D eigenvalue weighted by atomic mass is 9.79. The number of carbonyl (C=O) groups is 1. The lowest BCUT2D eigenvalue weighted by Gasteiger charge is -2.32. The molecule has 1 aromatic heterocycles. The maximum atomic E-state index is 13.6. The lowest BCUT2D eigenvalue weighted by Crippen LogP contribution is -2.39. The van der Waals surface area contributed by atoms with E-state index < -0.39 is 0 Å². The second kappa shape index (κ2) is 10.1. The van der Waals surface area contributed by atoms with Crippen molar-refractivity contribution in [3.63, 3.8) is 0 Å². The Morgan fingerprint density at radius 1 is 0.973 bits per heavy atom. The number of nitriles is 1. The van der Waals surface area contributed by atoms with Crippen molar-refractivity contribution in [2.45, 2.75) is 56.8 Å². The second-order valence-electron chi connectivity index (χ2n) is 11.1. The predicted molar refractivity (Wildman–Crippen MR) is 143 cm³/mol. The largest absolute Gasteiger partial charge is 0.339 e. The van der Waals surface area contributed by atoms with Crippen LogP contribution in [-0.2, 0) is 12.8 Å². The first-order chi connectivity index (χ1) is 18.1. The Morgan fingerprint density at radius 3 is 2.43 bits per heavy atom. The van der Waals surface area contributed by atoms with Crippen LogP contribution in [0.5, 0.6) is 0 Å². The monoisotopic (exact) mass is 494 g/mol. The molecule has 6 rings (SSSR count). The molecule has 0 unspecified atom stereocenters. The van der Waals surface area contributed by atoms with Gasteiger partial charge in [-0.05, 0) is 74.8 Å². The van der Waals surface area contributed by atoms with E-state index in [-0.39, 0.29) is 5.91 Å². The Balaban J connectivity index is 1.22. The molecule has 2 aliphatic heterocycles. The van der Waals surface area contributed by atoms with Crippen LogP contribution in [0.3, 0.4) is 0 Å². The van der Waals surface area contributed by atoms with Crippen LogP contribution in [-0.4, -0.2) is 54.0 Å². The van der Waals surface area contributed by atoms with Gasteiger partial charge in [-0.3, -0.25) is 4.79 Å². The maximum absolute atomic E-state index is 13.6. The van der Waals surface area contributed by atoms with Crippen LogP contribution in [0.25, 0.3) is 5.69 Å². The van der Waals surface area contributed by atoms with Gasteiger partial charge in [0.15, 0.2) is 0 Å². The van der Waals surface area contributed by atoms with E-state index in [0.717, 1.165) is 63.1 Å². The summed E-state index contributed by atoms with van der Waals surface area (Å²) < 4.78 is 2.19. The molecular formula is C31H36N5O+. The van der Waals surface area contributed by atoms with Crippen LogP contribution in [0, 0.1) is 11.3 Å². The number of likely N-dealkylation sites (tertiary alicyclic amines) is 1. The maximum Gasteiger partial charge on any atom is 0.254 e. The SMILES string of the molecule is CN1CCc2c[n+](-c3cc(C(=O)N4CCC(c5ccc(C#N)cc5)CC4)ccc3C3CCC3)[nH]c2CC1. The molecule has 3 aliphatic rings. The molecule has 1 saturated heterocycles. The van der Waals surface area contributed by atoms with Gasteiger partial charge in [-0.25, -0.2) is 0 Å². The van der Waals surface area contributed by atoms with E-state index in [1.807, 2.05) is 17.0 Å². The molecule has 3 aromatic rings. The highest BCUT2D eigenvalue weighted by Crippen LogP contribution is 2.38. The summed E-state index contributed by atoms with van der Waals surface area (Å²) >= 11 is 0. The number of likely N-dealkylation sites (N-methyl/N-ethyl adjacent to an activating group) is 1. The van der Waals surface area contributed by atoms with Crippen LogP contribution in [0.4, 0.5) is 0 Å². The Hall–Kier alpha value is -3.43. The van der Waals surface area contributed by atoms with Gasteiger partial charge in [0, 0.05) is 55.4 Å². The number of nitrogens with zero attached hydrogens (tertiary/aromatic N) is 4. The quantitative estimate of drug-likeness (QED) is 0.544. The van der Waals surface area contributed by atoms with Gasteiger partial charge < -0.3 is 9.80 Å². The predicted octanol–water partition coefficient (Wildman–Crippen LogP) is 4.48. The number of nitrogens with one attached hydrogen (secondary N) is 1. The number of carbonyl (C=O) groups excluding carboxylic acids is 1. The third-order valence-corrected chi connectivity index (χ3v) is 8.81. The first kappa shape index (κ1) is 23.9. The molecule has 2 aromatic carbocycles. The zero-order valence-electron chi connectivity index (χ0n) is 21.7. The number of piperidine rings is 1. The van der Waals surface area contributed by atoms with Gasteiger partial charge in [0.05, 0.1) is 17.3 Å². The minimum atomic E-state index is 0.134.